The molecule has 1 amide bonds. The normalized spacial score (nSPS) is 24.0. The average Bonchev–Trinajstić information content (AvgIpc) is 2.73. The monoisotopic (exact) mass is 383 g/mol. The Hall–Kier alpha value is -1.08. The third kappa shape index (κ3) is 5.47. The molecule has 7 heteroatoms. The first-order valence-electron chi connectivity index (χ1n) is 9.90. The van der Waals surface area contributed by atoms with Gasteiger partial charge in [0.15, 0.2) is 0 Å². The van der Waals surface area contributed by atoms with E-state index in [1.54, 1.807) is 11.8 Å². The molecule has 2 saturated heterocycles. The number of ether oxygens (including phenoxy) is 1. The maximum Gasteiger partial charge on any atom is 0.525 e. The fourth-order valence-electron chi connectivity index (χ4n) is 3.32. The number of piperidine rings is 1. The summed E-state index contributed by atoms with van der Waals surface area (Å²) >= 11 is 0. The second-order valence-corrected chi connectivity index (χ2v) is 9.83. The van der Waals surface area contributed by atoms with Crippen molar-refractivity contribution in [2.45, 2.75) is 91.5 Å². The Labute approximate surface area is 163 Å². The van der Waals surface area contributed by atoms with E-state index < -0.39 is 23.9 Å². The van der Waals surface area contributed by atoms with Crippen molar-refractivity contribution in [3.8, 4) is 0 Å². The van der Waals surface area contributed by atoms with Crippen molar-refractivity contribution in [2.75, 3.05) is 13.1 Å². The number of carbonyl (C=O) groups excluding carboxylic acids is 1. The first-order valence-corrected chi connectivity index (χ1v) is 9.90. The molecule has 0 aliphatic carbocycles. The van der Waals surface area contributed by atoms with Crippen LogP contribution in [0, 0.1) is 5.92 Å². The third-order valence-corrected chi connectivity index (χ3v) is 5.73. The lowest BCUT2D eigenvalue weighted by molar-refractivity contribution is 0.00578. The van der Waals surface area contributed by atoms with E-state index in [1.165, 1.54) is 0 Å². The summed E-state index contributed by atoms with van der Waals surface area (Å²) in [6, 6.07) is 0. The van der Waals surface area contributed by atoms with Crippen molar-refractivity contribution in [1.29, 1.82) is 0 Å². The predicted molar refractivity (Wildman–Crippen MR) is 105 cm³/mol. The van der Waals surface area contributed by atoms with E-state index in [2.05, 4.69) is 0 Å². The van der Waals surface area contributed by atoms with Crippen LogP contribution in [0.4, 0.5) is 9.18 Å². The van der Waals surface area contributed by atoms with Gasteiger partial charge >= 0.3 is 13.2 Å². The average molecular weight is 383 g/mol. The molecular formula is C20H35BFNO4. The van der Waals surface area contributed by atoms with Crippen LogP contribution in [0.2, 0.25) is 0 Å². The summed E-state index contributed by atoms with van der Waals surface area (Å²) in [6.07, 6.45) is 2.06. The Balaban J connectivity index is 1.89. The largest absolute Gasteiger partial charge is 0.525 e. The lowest BCUT2D eigenvalue weighted by Crippen LogP contribution is -2.41. The Morgan fingerprint density at radius 2 is 1.63 bits per heavy atom. The lowest BCUT2D eigenvalue weighted by Gasteiger charge is -2.33. The molecule has 0 spiro atoms. The van der Waals surface area contributed by atoms with E-state index in [0.717, 1.165) is 12.8 Å². The summed E-state index contributed by atoms with van der Waals surface area (Å²) in [5, 5.41) is 0. The molecule has 0 aromatic carbocycles. The Morgan fingerprint density at radius 1 is 1.15 bits per heavy atom. The number of amides is 1. The minimum atomic E-state index is -0.933. The molecule has 0 saturated carbocycles. The first-order chi connectivity index (χ1) is 12.2. The van der Waals surface area contributed by atoms with Gasteiger partial charge < -0.3 is 18.9 Å². The van der Waals surface area contributed by atoms with Crippen molar-refractivity contribution in [2.24, 2.45) is 5.92 Å². The summed E-state index contributed by atoms with van der Waals surface area (Å²) in [7, 11) is -0.933. The topological polar surface area (TPSA) is 48.0 Å². The molecule has 2 heterocycles. The molecule has 2 fully saturated rings. The number of hydrogen-bond acceptors (Lipinski definition) is 4. The van der Waals surface area contributed by atoms with Crippen LogP contribution >= 0.6 is 0 Å². The number of hydrogen-bond donors (Lipinski definition) is 0. The predicted octanol–water partition coefficient (Wildman–Crippen LogP) is 4.90. The van der Waals surface area contributed by atoms with E-state index >= 15 is 0 Å². The van der Waals surface area contributed by atoms with Gasteiger partial charge in [-0.2, -0.15) is 0 Å². The molecule has 0 unspecified atom stereocenters. The summed E-state index contributed by atoms with van der Waals surface area (Å²) in [4.78, 5) is 13.9. The van der Waals surface area contributed by atoms with Crippen LogP contribution in [0.3, 0.4) is 0 Å². The molecule has 0 aromatic heterocycles. The smallest absolute Gasteiger partial charge is 0.444 e. The molecule has 0 aromatic rings. The third-order valence-electron chi connectivity index (χ3n) is 5.73. The van der Waals surface area contributed by atoms with Gasteiger partial charge in [-0.1, -0.05) is 0 Å². The minimum absolute atomic E-state index is 0.267. The van der Waals surface area contributed by atoms with Crippen LogP contribution < -0.4 is 0 Å². The zero-order chi connectivity index (χ0) is 20.6. The van der Waals surface area contributed by atoms with Gasteiger partial charge in [-0.25, -0.2) is 9.18 Å². The highest BCUT2D eigenvalue weighted by atomic mass is 19.1. The molecule has 0 N–H and O–H groups in total. The van der Waals surface area contributed by atoms with E-state index in [9.17, 15) is 9.18 Å². The van der Waals surface area contributed by atoms with E-state index in [4.69, 9.17) is 14.0 Å². The molecule has 5 nitrogen and oxygen atoms in total. The highest BCUT2D eigenvalue weighted by Crippen LogP contribution is 2.40. The first kappa shape index (κ1) is 22.2. The van der Waals surface area contributed by atoms with Crippen molar-refractivity contribution in [1.82, 2.24) is 4.90 Å². The Bertz CT molecular complexity index is 573. The van der Waals surface area contributed by atoms with Crippen molar-refractivity contribution >= 4 is 13.2 Å². The van der Waals surface area contributed by atoms with Gasteiger partial charge in [0, 0.05) is 13.1 Å². The van der Waals surface area contributed by atoms with Gasteiger partial charge in [0.05, 0.1) is 11.2 Å². The molecule has 154 valence electrons. The van der Waals surface area contributed by atoms with Crippen LogP contribution in [-0.2, 0) is 14.0 Å². The SMILES string of the molecule is CC(CC1CCN(C(=O)OC(C)(C)C)CC1)=C(F)B1OC(C)(C)C(C)(C)O1. The number of likely N-dealkylation sites (tertiary alicyclic amines) is 1. The Kier molecular flexibility index (Phi) is 6.37. The zero-order valence-electron chi connectivity index (χ0n) is 18.1. The molecule has 0 atom stereocenters. The molecule has 27 heavy (non-hydrogen) atoms. The number of rotatable bonds is 3. The maximum atomic E-state index is 14.9. The van der Waals surface area contributed by atoms with E-state index in [1.807, 2.05) is 48.5 Å². The standard InChI is InChI=1S/C20H35BFNO4/c1-14(16(22)21-26-19(5,6)20(7,8)27-21)13-15-9-11-23(12-10-15)17(24)25-18(2,3)4/h15H,9-13H2,1-8H3. The zero-order valence-corrected chi connectivity index (χ0v) is 18.1. The summed E-state index contributed by atoms with van der Waals surface area (Å²) < 4.78 is 31.9. The Morgan fingerprint density at radius 3 is 2.07 bits per heavy atom. The summed E-state index contributed by atoms with van der Waals surface area (Å²) in [5.74, 6) is 0.344. The van der Waals surface area contributed by atoms with Crippen molar-refractivity contribution in [3.63, 3.8) is 0 Å². The molecule has 0 bridgehead atoms. The molecule has 2 aliphatic heterocycles. The number of carbonyl (C=O) groups is 1. The second kappa shape index (κ2) is 7.74. The van der Waals surface area contributed by atoms with Crippen LogP contribution in [0.5, 0.6) is 0 Å². The maximum absolute atomic E-state index is 14.9. The van der Waals surface area contributed by atoms with Crippen LogP contribution in [-0.4, -0.2) is 48.0 Å². The number of halogens is 1. The van der Waals surface area contributed by atoms with Gasteiger partial charge in [-0.15, -0.1) is 0 Å². The van der Waals surface area contributed by atoms with Crippen LogP contribution in [0.1, 0.15) is 74.7 Å². The quantitative estimate of drug-likeness (QED) is 0.651. The van der Waals surface area contributed by atoms with Crippen molar-refractivity contribution < 1.29 is 23.2 Å². The molecule has 0 radical (unpaired) electrons. The van der Waals surface area contributed by atoms with Gasteiger partial charge in [-0.05, 0) is 86.1 Å². The molecular weight excluding hydrogens is 348 g/mol. The fourth-order valence-corrected chi connectivity index (χ4v) is 3.32. The minimum Gasteiger partial charge on any atom is -0.444 e. The second-order valence-electron chi connectivity index (χ2n) is 9.83. The van der Waals surface area contributed by atoms with Gasteiger partial charge in [0.25, 0.3) is 0 Å². The van der Waals surface area contributed by atoms with Gasteiger partial charge in [0.1, 0.15) is 11.3 Å². The van der Waals surface area contributed by atoms with Crippen LogP contribution in [0.15, 0.2) is 11.3 Å². The van der Waals surface area contributed by atoms with Crippen LogP contribution in [0.25, 0.3) is 0 Å². The lowest BCUT2D eigenvalue weighted by atomic mass is 9.81. The highest BCUT2D eigenvalue weighted by molar-refractivity contribution is 6.53. The highest BCUT2D eigenvalue weighted by Gasteiger charge is 2.53. The van der Waals surface area contributed by atoms with E-state index in [-0.39, 0.29) is 11.8 Å². The summed E-state index contributed by atoms with van der Waals surface area (Å²) in [5.41, 5.74) is -1.23. The van der Waals surface area contributed by atoms with Gasteiger partial charge in [0.2, 0.25) is 0 Å². The molecule has 2 rings (SSSR count). The number of allylic oxidation sites excluding steroid dienone is 1. The van der Waals surface area contributed by atoms with Gasteiger partial charge in [-0.3, -0.25) is 0 Å². The molecule has 2 aliphatic rings. The van der Waals surface area contributed by atoms with Crippen molar-refractivity contribution in [3.05, 3.63) is 11.3 Å². The fraction of sp³-hybridized carbons (Fsp3) is 0.850. The summed E-state index contributed by atoms with van der Waals surface area (Å²) in [6.45, 7) is 16.4. The number of nitrogens with zero attached hydrogens (tertiary/aromatic N) is 1. The van der Waals surface area contributed by atoms with E-state index in [0.29, 0.717) is 31.0 Å².